The van der Waals surface area contributed by atoms with Crippen molar-refractivity contribution in [2.45, 2.75) is 0 Å². The van der Waals surface area contributed by atoms with Gasteiger partial charge < -0.3 is 0 Å². The maximum absolute atomic E-state index is 4.25. The fourth-order valence-corrected chi connectivity index (χ4v) is 2.17. The van der Waals surface area contributed by atoms with Crippen molar-refractivity contribution in [1.29, 1.82) is 0 Å². The molecule has 2 rings (SSSR count). The van der Waals surface area contributed by atoms with Crippen molar-refractivity contribution in [3.63, 3.8) is 0 Å². The monoisotopic (exact) mass is 241 g/mol. The molecule has 0 unspecified atom stereocenters. The van der Waals surface area contributed by atoms with Crippen LogP contribution >= 0.6 is 11.3 Å². The van der Waals surface area contributed by atoms with Gasteiger partial charge in [0.15, 0.2) is 0 Å². The van der Waals surface area contributed by atoms with Crippen LogP contribution in [0.25, 0.3) is 10.2 Å². The summed E-state index contributed by atoms with van der Waals surface area (Å²) in [7, 11) is 0. The van der Waals surface area contributed by atoms with Crippen LogP contribution in [0.3, 0.4) is 0 Å². The van der Waals surface area contributed by atoms with Crippen LogP contribution < -0.4 is 3.23 Å². The van der Waals surface area contributed by atoms with Gasteiger partial charge in [-0.1, -0.05) is 0 Å². The standard InChI is InChI=1S/C7H4NS.Ag/c1-2-4-7-6(3-1)8-5-9-7;/h1-4H;. The van der Waals surface area contributed by atoms with Crippen molar-refractivity contribution in [2.24, 2.45) is 0 Å². The Bertz CT molecular complexity index is 322. The van der Waals surface area contributed by atoms with Gasteiger partial charge in [0.25, 0.3) is 0 Å². The molecule has 2 aromatic rings. The van der Waals surface area contributed by atoms with Gasteiger partial charge in [0.05, 0.1) is 0 Å². The Labute approximate surface area is 75.0 Å². The molecule has 0 radical (unpaired) electrons. The molecule has 0 amide bonds. The molecule has 0 aliphatic heterocycles. The van der Waals surface area contributed by atoms with E-state index in [1.165, 1.54) is 4.70 Å². The van der Waals surface area contributed by atoms with E-state index in [0.717, 1.165) is 8.74 Å². The molecule has 1 aromatic carbocycles. The van der Waals surface area contributed by atoms with E-state index in [0.29, 0.717) is 0 Å². The fraction of sp³-hybridized carbons (Fsp3) is 0. The van der Waals surface area contributed by atoms with Gasteiger partial charge in [0.1, 0.15) is 0 Å². The molecule has 54 valence electrons. The normalized spacial score (nSPS) is 10.6. The van der Waals surface area contributed by atoms with E-state index < -0.39 is 0 Å². The van der Waals surface area contributed by atoms with Crippen molar-refractivity contribution >= 4 is 24.8 Å². The van der Waals surface area contributed by atoms with E-state index in [9.17, 15) is 0 Å². The maximum atomic E-state index is 4.25. The Hall–Kier alpha value is -0.150. The summed E-state index contributed by atoms with van der Waals surface area (Å²) in [4.78, 5) is 4.25. The Balaban J connectivity index is 2.88. The van der Waals surface area contributed by atoms with Crippen LogP contribution in [0, 0.1) is 0 Å². The molecule has 0 aliphatic rings. The van der Waals surface area contributed by atoms with Crippen LogP contribution in [0.5, 0.6) is 0 Å². The zero-order valence-corrected chi connectivity index (χ0v) is 7.27. The molecule has 0 bridgehead atoms. The van der Waals surface area contributed by atoms with Crippen molar-refractivity contribution in [2.75, 3.05) is 0 Å². The Morgan fingerprint density at radius 3 is 2.90 bits per heavy atom. The molecule has 0 fully saturated rings. The first kappa shape index (κ1) is 6.55. The van der Waals surface area contributed by atoms with Crippen LogP contribution in [0.15, 0.2) is 24.3 Å². The van der Waals surface area contributed by atoms with Crippen molar-refractivity contribution < 1.29 is 21.1 Å². The summed E-state index contributed by atoms with van der Waals surface area (Å²) < 4.78 is 2.18. The molecule has 1 aromatic heterocycles. The SMILES string of the molecule is [Ag][c]1nc2ccccc2s1. The first-order valence-corrected chi connectivity index (χ1v) is 4.39. The van der Waals surface area contributed by atoms with E-state index in [4.69, 9.17) is 0 Å². The fourth-order valence-electron chi connectivity index (χ4n) is 0.826. The predicted octanol–water partition coefficient (Wildman–Crippen LogP) is 1.47. The van der Waals surface area contributed by atoms with Crippen molar-refractivity contribution in [1.82, 2.24) is 4.98 Å². The molecule has 1 nitrogen and oxygen atoms in total. The van der Waals surface area contributed by atoms with Crippen LogP contribution in [0.4, 0.5) is 0 Å². The van der Waals surface area contributed by atoms with E-state index in [2.05, 4.69) is 32.1 Å². The van der Waals surface area contributed by atoms with E-state index in [1.54, 1.807) is 11.3 Å². The van der Waals surface area contributed by atoms with E-state index in [1.807, 2.05) is 18.2 Å². The van der Waals surface area contributed by atoms with Gasteiger partial charge in [0.2, 0.25) is 0 Å². The van der Waals surface area contributed by atoms with Gasteiger partial charge in [-0.3, -0.25) is 0 Å². The summed E-state index contributed by atoms with van der Waals surface area (Å²) in [6.45, 7) is 0. The zero-order valence-electron chi connectivity index (χ0n) is 4.97. The average molecular weight is 242 g/mol. The summed E-state index contributed by atoms with van der Waals surface area (Å²) >= 11 is 5.01. The Kier molecular flexibility index (Phi) is 1.62. The summed E-state index contributed by atoms with van der Waals surface area (Å²) in [5.41, 5.74) is 1.07. The molecular weight excluding hydrogens is 238 g/mol. The second kappa shape index (κ2) is 2.47. The third-order valence-electron chi connectivity index (χ3n) is 1.25. The van der Waals surface area contributed by atoms with Crippen LogP contribution in [-0.4, -0.2) is 4.98 Å². The molecule has 0 spiro atoms. The number of rotatable bonds is 0. The van der Waals surface area contributed by atoms with Crippen molar-refractivity contribution in [3.8, 4) is 0 Å². The molecule has 0 N–H and O–H groups in total. The zero-order chi connectivity index (χ0) is 6.97. The first-order valence-electron chi connectivity index (χ1n) is 2.83. The molecule has 0 saturated carbocycles. The minimum atomic E-state index is 0.950. The molecule has 0 atom stereocenters. The molecule has 10 heavy (non-hydrogen) atoms. The first-order chi connectivity index (χ1) is 4.86. The molecule has 3 heteroatoms. The Morgan fingerprint density at radius 1 is 1.30 bits per heavy atom. The van der Waals surface area contributed by atoms with Gasteiger partial charge in [-0.05, 0) is 0 Å². The van der Waals surface area contributed by atoms with Gasteiger partial charge in [-0.15, -0.1) is 0 Å². The van der Waals surface area contributed by atoms with Gasteiger partial charge in [0, 0.05) is 0 Å². The predicted molar refractivity (Wildman–Crippen MR) is 39.3 cm³/mol. The van der Waals surface area contributed by atoms with E-state index >= 15 is 0 Å². The average Bonchev–Trinajstić information content (AvgIpc) is 2.27. The van der Waals surface area contributed by atoms with Crippen LogP contribution in [0.1, 0.15) is 0 Å². The number of para-hydroxylation sites is 1. The number of aromatic nitrogens is 1. The number of nitrogens with zero attached hydrogens (tertiary/aromatic N) is 1. The number of thiazole rings is 1. The van der Waals surface area contributed by atoms with Gasteiger partial charge >= 0.3 is 75.1 Å². The topological polar surface area (TPSA) is 12.9 Å². The third-order valence-corrected chi connectivity index (χ3v) is 2.68. The third kappa shape index (κ3) is 1.04. The number of hydrogen-bond donors (Lipinski definition) is 0. The summed E-state index contributed by atoms with van der Waals surface area (Å²) in [5.74, 6) is 0. The van der Waals surface area contributed by atoms with Crippen LogP contribution in [-0.2, 0) is 21.1 Å². The quantitative estimate of drug-likeness (QED) is 0.637. The minimum absolute atomic E-state index is 0.950. The van der Waals surface area contributed by atoms with Crippen molar-refractivity contribution in [3.05, 3.63) is 24.3 Å². The molecule has 0 saturated heterocycles. The van der Waals surface area contributed by atoms with Gasteiger partial charge in [-0.25, -0.2) is 0 Å². The number of fused-ring (bicyclic) bond motifs is 1. The van der Waals surface area contributed by atoms with Gasteiger partial charge in [-0.2, -0.15) is 0 Å². The Morgan fingerprint density at radius 2 is 2.10 bits per heavy atom. The van der Waals surface area contributed by atoms with Crippen LogP contribution in [0.2, 0.25) is 0 Å². The second-order valence-electron chi connectivity index (χ2n) is 1.90. The summed E-state index contributed by atoms with van der Waals surface area (Å²) in [5, 5.41) is 0. The summed E-state index contributed by atoms with van der Waals surface area (Å²) in [6, 6.07) is 8.09. The number of benzene rings is 1. The molecule has 0 aliphatic carbocycles. The van der Waals surface area contributed by atoms with E-state index in [-0.39, 0.29) is 0 Å². The number of hydrogen-bond acceptors (Lipinski definition) is 2. The molecule has 1 heterocycles. The summed E-state index contributed by atoms with van der Waals surface area (Å²) in [6.07, 6.45) is 0. The second-order valence-corrected chi connectivity index (χ2v) is 4.09. The molecular formula is C7H4AgNS.